The highest BCUT2D eigenvalue weighted by atomic mass is 35.5. The summed E-state index contributed by atoms with van der Waals surface area (Å²) < 4.78 is 68.0. The van der Waals surface area contributed by atoms with Crippen LogP contribution in [0.15, 0.2) is 83.8 Å². The number of nitrogens with one attached hydrogen (secondary N) is 2. The van der Waals surface area contributed by atoms with Crippen molar-refractivity contribution >= 4 is 33.2 Å². The van der Waals surface area contributed by atoms with Gasteiger partial charge in [-0.05, 0) is 42.3 Å². The third-order valence-electron chi connectivity index (χ3n) is 4.49. The van der Waals surface area contributed by atoms with Crippen molar-refractivity contribution in [2.75, 3.05) is 5.32 Å². The number of sulfonamides is 1. The first-order chi connectivity index (χ1) is 15.1. The quantitative estimate of drug-likeness (QED) is 0.503. The van der Waals surface area contributed by atoms with Crippen LogP contribution in [0.1, 0.15) is 11.1 Å². The number of benzene rings is 3. The Morgan fingerprint density at radius 3 is 2.12 bits per heavy atom. The highest BCUT2D eigenvalue weighted by molar-refractivity contribution is 7.89. The van der Waals surface area contributed by atoms with E-state index >= 15 is 0 Å². The second kappa shape index (κ2) is 9.72. The predicted octanol–water partition coefficient (Wildman–Crippen LogP) is 4.89. The van der Waals surface area contributed by atoms with Gasteiger partial charge < -0.3 is 5.32 Å². The minimum atomic E-state index is -4.77. The summed E-state index contributed by atoms with van der Waals surface area (Å²) in [5, 5.41) is 2.04. The standard InChI is InChI=1S/C22H18ClF3N2O3S/c23-16-11-12-19(18(14-16)22(24,25)26)27-21(29)20(13-15-7-3-1-4-8-15)28-32(30,31)17-9-5-2-6-10-17/h1-12,14,20,28H,13H2,(H,27,29)/t20-/m1/s1. The molecule has 0 radical (unpaired) electrons. The molecule has 0 aromatic heterocycles. The van der Waals surface area contributed by atoms with Crippen LogP contribution in [0.2, 0.25) is 5.02 Å². The van der Waals surface area contributed by atoms with E-state index in [1.807, 2.05) is 0 Å². The molecule has 3 rings (SSSR count). The van der Waals surface area contributed by atoms with Crippen molar-refractivity contribution in [1.82, 2.24) is 4.72 Å². The molecule has 168 valence electrons. The monoisotopic (exact) mass is 482 g/mol. The van der Waals surface area contributed by atoms with Gasteiger partial charge in [-0.25, -0.2) is 8.42 Å². The highest BCUT2D eigenvalue weighted by Gasteiger charge is 2.35. The number of rotatable bonds is 7. The first-order valence-electron chi connectivity index (χ1n) is 9.35. The van der Waals surface area contributed by atoms with E-state index in [4.69, 9.17) is 11.6 Å². The Morgan fingerprint density at radius 1 is 0.938 bits per heavy atom. The van der Waals surface area contributed by atoms with Crippen LogP contribution in [0, 0.1) is 0 Å². The molecule has 10 heteroatoms. The van der Waals surface area contributed by atoms with E-state index in [2.05, 4.69) is 10.0 Å². The molecule has 0 unspecified atom stereocenters. The Bertz CT molecular complexity index is 1190. The topological polar surface area (TPSA) is 75.3 Å². The van der Waals surface area contributed by atoms with Crippen LogP contribution in [-0.2, 0) is 27.4 Å². The Balaban J connectivity index is 1.93. The Kier molecular flexibility index (Phi) is 7.22. The van der Waals surface area contributed by atoms with Gasteiger partial charge in [0.15, 0.2) is 0 Å². The largest absolute Gasteiger partial charge is 0.418 e. The van der Waals surface area contributed by atoms with Crippen molar-refractivity contribution < 1.29 is 26.4 Å². The van der Waals surface area contributed by atoms with Crippen LogP contribution in [0.4, 0.5) is 18.9 Å². The second-order valence-corrected chi connectivity index (χ2v) is 9.00. The summed E-state index contributed by atoms with van der Waals surface area (Å²) in [7, 11) is -4.12. The van der Waals surface area contributed by atoms with E-state index < -0.39 is 39.4 Å². The van der Waals surface area contributed by atoms with Crippen molar-refractivity contribution in [1.29, 1.82) is 0 Å². The normalized spacial score (nSPS) is 12.9. The molecule has 3 aromatic carbocycles. The average molecular weight is 483 g/mol. The Morgan fingerprint density at radius 2 is 1.53 bits per heavy atom. The van der Waals surface area contributed by atoms with Gasteiger partial charge in [0, 0.05) is 5.02 Å². The van der Waals surface area contributed by atoms with Crippen molar-refractivity contribution in [2.45, 2.75) is 23.5 Å². The van der Waals surface area contributed by atoms with Crippen molar-refractivity contribution in [3.63, 3.8) is 0 Å². The van der Waals surface area contributed by atoms with Crippen molar-refractivity contribution in [3.05, 3.63) is 95.0 Å². The first kappa shape index (κ1) is 23.8. The zero-order valence-electron chi connectivity index (χ0n) is 16.4. The molecule has 32 heavy (non-hydrogen) atoms. The molecule has 0 aliphatic heterocycles. The molecular weight excluding hydrogens is 465 g/mol. The average Bonchev–Trinajstić information content (AvgIpc) is 2.75. The molecule has 0 aliphatic rings. The number of carbonyl (C=O) groups excluding carboxylic acids is 1. The van der Waals surface area contributed by atoms with Gasteiger partial charge in [-0.2, -0.15) is 17.9 Å². The molecule has 0 heterocycles. The molecule has 0 saturated heterocycles. The van der Waals surface area contributed by atoms with Crippen molar-refractivity contribution in [2.24, 2.45) is 0 Å². The number of hydrogen-bond acceptors (Lipinski definition) is 3. The zero-order chi connectivity index (χ0) is 23.4. The molecule has 0 fully saturated rings. The molecule has 1 amide bonds. The SMILES string of the molecule is O=C(Nc1ccc(Cl)cc1C(F)(F)F)[C@@H](Cc1ccccc1)NS(=O)(=O)c1ccccc1. The number of hydrogen-bond donors (Lipinski definition) is 2. The Hall–Kier alpha value is -2.88. The lowest BCUT2D eigenvalue weighted by molar-refractivity contribution is -0.137. The summed E-state index contributed by atoms with van der Waals surface area (Å²) in [6.07, 6.45) is -4.85. The third kappa shape index (κ3) is 6.09. The number of carbonyl (C=O) groups is 1. The molecular formula is C22H18ClF3N2O3S. The molecule has 0 bridgehead atoms. The Labute approximate surface area is 188 Å². The van der Waals surface area contributed by atoms with Crippen LogP contribution >= 0.6 is 11.6 Å². The summed E-state index contributed by atoms with van der Waals surface area (Å²) in [6, 6.07) is 17.4. The summed E-state index contributed by atoms with van der Waals surface area (Å²) in [4.78, 5) is 12.9. The predicted molar refractivity (Wildman–Crippen MR) is 116 cm³/mol. The van der Waals surface area contributed by atoms with Gasteiger partial charge in [-0.1, -0.05) is 60.1 Å². The lowest BCUT2D eigenvalue weighted by atomic mass is 10.1. The lowest BCUT2D eigenvalue weighted by Gasteiger charge is -2.20. The van der Waals surface area contributed by atoms with Gasteiger partial charge >= 0.3 is 6.18 Å². The number of alkyl halides is 3. The van der Waals surface area contributed by atoms with Gasteiger partial charge in [0.05, 0.1) is 16.1 Å². The third-order valence-corrected chi connectivity index (χ3v) is 6.22. The van der Waals surface area contributed by atoms with E-state index in [-0.39, 0.29) is 16.3 Å². The van der Waals surface area contributed by atoms with E-state index in [0.717, 1.165) is 6.07 Å². The molecule has 3 aromatic rings. The second-order valence-electron chi connectivity index (χ2n) is 6.85. The van der Waals surface area contributed by atoms with E-state index in [1.54, 1.807) is 36.4 Å². The number of amides is 1. The van der Waals surface area contributed by atoms with Crippen molar-refractivity contribution in [3.8, 4) is 0 Å². The van der Waals surface area contributed by atoms with Gasteiger partial charge in [0.25, 0.3) is 0 Å². The fourth-order valence-electron chi connectivity index (χ4n) is 2.97. The number of halogens is 4. The van der Waals surface area contributed by atoms with Crippen LogP contribution in [-0.4, -0.2) is 20.4 Å². The molecule has 0 saturated carbocycles. The minimum Gasteiger partial charge on any atom is -0.324 e. The highest BCUT2D eigenvalue weighted by Crippen LogP contribution is 2.36. The molecule has 5 nitrogen and oxygen atoms in total. The van der Waals surface area contributed by atoms with Crippen LogP contribution in [0.25, 0.3) is 0 Å². The fourth-order valence-corrected chi connectivity index (χ4v) is 4.36. The summed E-state index contributed by atoms with van der Waals surface area (Å²) in [5.41, 5.74) is -1.04. The molecule has 0 aliphatic carbocycles. The van der Waals surface area contributed by atoms with Gasteiger partial charge in [-0.3, -0.25) is 4.79 Å². The van der Waals surface area contributed by atoms with Gasteiger partial charge in [0.2, 0.25) is 15.9 Å². The molecule has 1 atom stereocenters. The van der Waals surface area contributed by atoms with Crippen LogP contribution in [0.3, 0.4) is 0 Å². The van der Waals surface area contributed by atoms with Crippen LogP contribution < -0.4 is 10.0 Å². The van der Waals surface area contributed by atoms with E-state index in [9.17, 15) is 26.4 Å². The summed E-state index contributed by atoms with van der Waals surface area (Å²) in [6.45, 7) is 0. The zero-order valence-corrected chi connectivity index (χ0v) is 18.0. The van der Waals surface area contributed by atoms with Gasteiger partial charge in [-0.15, -0.1) is 0 Å². The van der Waals surface area contributed by atoms with Gasteiger partial charge in [0.1, 0.15) is 6.04 Å². The smallest absolute Gasteiger partial charge is 0.324 e. The maximum absolute atomic E-state index is 13.4. The minimum absolute atomic E-state index is 0.0756. The number of anilines is 1. The molecule has 0 spiro atoms. The summed E-state index contributed by atoms with van der Waals surface area (Å²) >= 11 is 5.68. The maximum Gasteiger partial charge on any atom is 0.418 e. The first-order valence-corrected chi connectivity index (χ1v) is 11.2. The van der Waals surface area contributed by atoms with E-state index in [0.29, 0.717) is 11.6 Å². The maximum atomic E-state index is 13.4. The summed E-state index contributed by atoms with van der Waals surface area (Å²) in [5.74, 6) is -0.943. The van der Waals surface area contributed by atoms with Crippen LogP contribution in [0.5, 0.6) is 0 Å². The molecule has 2 N–H and O–H groups in total. The fraction of sp³-hybridized carbons (Fsp3) is 0.136. The lowest BCUT2D eigenvalue weighted by Crippen LogP contribution is -2.45. The van der Waals surface area contributed by atoms with E-state index in [1.165, 1.54) is 30.3 Å².